The van der Waals surface area contributed by atoms with E-state index in [2.05, 4.69) is 10.4 Å². The molecular formula is C14H15F3N4O3S. The van der Waals surface area contributed by atoms with Crippen LogP contribution in [0.25, 0.3) is 0 Å². The number of likely N-dealkylation sites (N-methyl/N-ethyl adjacent to an activating group) is 1. The number of carbonyl (C=O) groups is 1. The van der Waals surface area contributed by atoms with Gasteiger partial charge in [0.2, 0.25) is 5.91 Å². The van der Waals surface area contributed by atoms with E-state index in [4.69, 9.17) is 0 Å². The molecule has 0 aliphatic carbocycles. The van der Waals surface area contributed by atoms with Crippen LogP contribution >= 0.6 is 0 Å². The van der Waals surface area contributed by atoms with E-state index in [1.54, 1.807) is 20.3 Å². The Morgan fingerprint density at radius 3 is 2.32 bits per heavy atom. The minimum Gasteiger partial charge on any atom is -0.353 e. The van der Waals surface area contributed by atoms with Crippen LogP contribution in [0.4, 0.5) is 24.5 Å². The third-order valence-corrected chi connectivity index (χ3v) is 4.69. The topological polar surface area (TPSA) is 84.3 Å². The summed E-state index contributed by atoms with van der Waals surface area (Å²) in [5.41, 5.74) is -4.47. The number of nitrogens with zero attached hydrogens (tertiary/aromatic N) is 3. The summed E-state index contributed by atoms with van der Waals surface area (Å²) in [6, 6.07) is 4.15. The van der Waals surface area contributed by atoms with Crippen molar-refractivity contribution in [3.63, 3.8) is 0 Å². The predicted octanol–water partition coefficient (Wildman–Crippen LogP) is 2.01. The SMILES string of the molecule is CN(C)C(=O)Cn1cc(Nc2ccc(S(=O)(=O)C(F)(F)F)cc2)cn1. The van der Waals surface area contributed by atoms with Crippen LogP contribution in [0.1, 0.15) is 0 Å². The molecule has 0 saturated heterocycles. The summed E-state index contributed by atoms with van der Waals surface area (Å²) in [7, 11) is -2.14. The van der Waals surface area contributed by atoms with Crippen molar-refractivity contribution >= 4 is 27.1 Å². The fraction of sp³-hybridized carbons (Fsp3) is 0.286. The van der Waals surface area contributed by atoms with Crippen molar-refractivity contribution in [2.45, 2.75) is 16.9 Å². The Bertz CT molecular complexity index is 858. The second-order valence-electron chi connectivity index (χ2n) is 5.31. The molecule has 136 valence electrons. The lowest BCUT2D eigenvalue weighted by molar-refractivity contribution is -0.129. The normalized spacial score (nSPS) is 12.0. The Morgan fingerprint density at radius 2 is 1.80 bits per heavy atom. The van der Waals surface area contributed by atoms with Crippen molar-refractivity contribution in [1.29, 1.82) is 0 Å². The van der Waals surface area contributed by atoms with Gasteiger partial charge >= 0.3 is 5.51 Å². The van der Waals surface area contributed by atoms with Crippen LogP contribution < -0.4 is 5.32 Å². The molecule has 1 aromatic heterocycles. The number of benzene rings is 1. The molecule has 0 unspecified atom stereocenters. The summed E-state index contributed by atoms with van der Waals surface area (Å²) in [6.07, 6.45) is 2.98. The molecule has 2 rings (SSSR count). The van der Waals surface area contributed by atoms with Crippen molar-refractivity contribution in [3.8, 4) is 0 Å². The molecule has 0 bridgehead atoms. The fourth-order valence-electron chi connectivity index (χ4n) is 1.81. The highest BCUT2D eigenvalue weighted by molar-refractivity contribution is 7.92. The summed E-state index contributed by atoms with van der Waals surface area (Å²) >= 11 is 0. The number of aromatic nitrogens is 2. The minimum atomic E-state index is -5.37. The first-order valence-corrected chi connectivity index (χ1v) is 8.40. The Morgan fingerprint density at radius 1 is 1.20 bits per heavy atom. The molecule has 0 aliphatic rings. The number of alkyl halides is 3. The number of carbonyl (C=O) groups excluding carboxylic acids is 1. The zero-order valence-corrected chi connectivity index (χ0v) is 14.1. The molecule has 0 aliphatic heterocycles. The van der Waals surface area contributed by atoms with Crippen LogP contribution in [0, 0.1) is 0 Å². The van der Waals surface area contributed by atoms with Crippen molar-refractivity contribution in [2.75, 3.05) is 19.4 Å². The summed E-state index contributed by atoms with van der Waals surface area (Å²) in [6.45, 7) is 0.0391. The van der Waals surface area contributed by atoms with Gasteiger partial charge in [-0.05, 0) is 24.3 Å². The second kappa shape index (κ2) is 6.75. The Kier molecular flexibility index (Phi) is 5.07. The number of nitrogens with one attached hydrogen (secondary N) is 1. The Hall–Kier alpha value is -2.56. The molecule has 0 atom stereocenters. The molecule has 25 heavy (non-hydrogen) atoms. The van der Waals surface area contributed by atoms with Gasteiger partial charge in [0, 0.05) is 26.0 Å². The largest absolute Gasteiger partial charge is 0.501 e. The van der Waals surface area contributed by atoms with Gasteiger partial charge in [0.1, 0.15) is 6.54 Å². The maximum Gasteiger partial charge on any atom is 0.501 e. The lowest BCUT2D eigenvalue weighted by Crippen LogP contribution is -2.26. The minimum absolute atomic E-state index is 0.0391. The van der Waals surface area contributed by atoms with Gasteiger partial charge in [0.25, 0.3) is 9.84 Å². The first-order chi connectivity index (χ1) is 11.5. The Balaban J connectivity index is 2.10. The number of hydrogen-bond acceptors (Lipinski definition) is 5. The number of anilines is 2. The molecule has 11 heteroatoms. The van der Waals surface area contributed by atoms with Gasteiger partial charge in [-0.2, -0.15) is 18.3 Å². The molecule has 0 radical (unpaired) electrons. The monoisotopic (exact) mass is 376 g/mol. The Labute approximate surface area is 142 Å². The third-order valence-electron chi connectivity index (χ3n) is 3.19. The van der Waals surface area contributed by atoms with Gasteiger partial charge in [0.05, 0.1) is 16.8 Å². The summed E-state index contributed by atoms with van der Waals surface area (Å²) in [4.78, 5) is 12.2. The van der Waals surface area contributed by atoms with E-state index in [9.17, 15) is 26.4 Å². The van der Waals surface area contributed by atoms with Crippen molar-refractivity contribution < 1.29 is 26.4 Å². The molecule has 0 spiro atoms. The lowest BCUT2D eigenvalue weighted by atomic mass is 10.3. The van der Waals surface area contributed by atoms with Gasteiger partial charge in [-0.1, -0.05) is 0 Å². The van der Waals surface area contributed by atoms with Crippen molar-refractivity contribution in [1.82, 2.24) is 14.7 Å². The van der Waals surface area contributed by atoms with E-state index in [-0.39, 0.29) is 12.5 Å². The average molecular weight is 376 g/mol. The van der Waals surface area contributed by atoms with E-state index in [1.165, 1.54) is 27.9 Å². The highest BCUT2D eigenvalue weighted by Crippen LogP contribution is 2.31. The standard InChI is InChI=1S/C14H15F3N4O3S/c1-20(2)13(22)9-21-8-11(7-18-21)19-10-3-5-12(6-4-10)25(23,24)14(15,16)17/h3-8,19H,9H2,1-2H3. The molecule has 2 aromatic rings. The maximum absolute atomic E-state index is 12.5. The molecule has 0 fully saturated rings. The first kappa shape index (κ1) is 18.8. The zero-order chi connectivity index (χ0) is 18.8. The predicted molar refractivity (Wildman–Crippen MR) is 83.9 cm³/mol. The molecule has 1 heterocycles. The number of hydrogen-bond donors (Lipinski definition) is 1. The smallest absolute Gasteiger partial charge is 0.353 e. The number of sulfone groups is 1. The van der Waals surface area contributed by atoms with Gasteiger partial charge in [-0.25, -0.2) is 8.42 Å². The number of rotatable bonds is 5. The van der Waals surface area contributed by atoms with E-state index < -0.39 is 20.2 Å². The van der Waals surface area contributed by atoms with Gasteiger partial charge in [0.15, 0.2) is 0 Å². The van der Waals surface area contributed by atoms with Gasteiger partial charge in [-0.15, -0.1) is 0 Å². The van der Waals surface area contributed by atoms with Gasteiger partial charge in [-0.3, -0.25) is 9.48 Å². The quantitative estimate of drug-likeness (QED) is 0.863. The highest BCUT2D eigenvalue weighted by Gasteiger charge is 2.46. The van der Waals surface area contributed by atoms with Crippen LogP contribution in [0.5, 0.6) is 0 Å². The fourth-order valence-corrected chi connectivity index (χ4v) is 2.57. The van der Waals surface area contributed by atoms with Crippen LogP contribution in [-0.2, 0) is 21.2 Å². The molecule has 0 saturated carbocycles. The summed E-state index contributed by atoms with van der Waals surface area (Å²) < 4.78 is 61.4. The molecular weight excluding hydrogens is 361 g/mol. The van der Waals surface area contributed by atoms with Crippen LogP contribution in [0.2, 0.25) is 0 Å². The van der Waals surface area contributed by atoms with Gasteiger partial charge < -0.3 is 10.2 Å². The van der Waals surface area contributed by atoms with Crippen molar-refractivity contribution in [2.24, 2.45) is 0 Å². The first-order valence-electron chi connectivity index (χ1n) is 6.92. The van der Waals surface area contributed by atoms with Crippen LogP contribution in [-0.4, -0.2) is 48.6 Å². The maximum atomic E-state index is 12.5. The van der Waals surface area contributed by atoms with E-state index in [0.717, 1.165) is 12.1 Å². The van der Waals surface area contributed by atoms with Crippen LogP contribution in [0.15, 0.2) is 41.6 Å². The molecule has 1 N–H and O–H groups in total. The van der Waals surface area contributed by atoms with E-state index >= 15 is 0 Å². The molecule has 1 amide bonds. The van der Waals surface area contributed by atoms with E-state index in [1.807, 2.05) is 0 Å². The third kappa shape index (κ3) is 4.29. The van der Waals surface area contributed by atoms with E-state index in [0.29, 0.717) is 11.4 Å². The highest BCUT2D eigenvalue weighted by atomic mass is 32.2. The second-order valence-corrected chi connectivity index (χ2v) is 7.25. The summed E-state index contributed by atoms with van der Waals surface area (Å²) in [5.74, 6) is -0.156. The molecule has 7 nitrogen and oxygen atoms in total. The average Bonchev–Trinajstić information content (AvgIpc) is 2.93. The van der Waals surface area contributed by atoms with Crippen LogP contribution in [0.3, 0.4) is 0 Å². The number of amides is 1. The number of halogens is 3. The molecule has 1 aromatic carbocycles. The summed E-state index contributed by atoms with van der Waals surface area (Å²) in [5, 5.41) is 6.85. The van der Waals surface area contributed by atoms with Crippen molar-refractivity contribution in [3.05, 3.63) is 36.7 Å². The lowest BCUT2D eigenvalue weighted by Gasteiger charge is -2.10. The zero-order valence-electron chi connectivity index (χ0n) is 13.3.